The summed E-state index contributed by atoms with van der Waals surface area (Å²) in [7, 11) is 0. The lowest BCUT2D eigenvalue weighted by atomic mass is 10.1. The van der Waals surface area contributed by atoms with Crippen LogP contribution in [-0.2, 0) is 4.74 Å². The van der Waals surface area contributed by atoms with Crippen molar-refractivity contribution >= 4 is 0 Å². The summed E-state index contributed by atoms with van der Waals surface area (Å²) < 4.78 is 5.33. The maximum atomic E-state index is 5.33. The summed E-state index contributed by atoms with van der Waals surface area (Å²) in [5.41, 5.74) is 0.600. The van der Waals surface area contributed by atoms with Crippen molar-refractivity contribution in [3.63, 3.8) is 0 Å². The van der Waals surface area contributed by atoms with Gasteiger partial charge in [0.15, 0.2) is 0 Å². The van der Waals surface area contributed by atoms with Gasteiger partial charge in [0, 0.05) is 18.7 Å². The first-order chi connectivity index (χ1) is 5.74. The quantitative estimate of drug-likeness (QED) is 0.692. The second-order valence-corrected chi connectivity index (χ2v) is 4.49. The Morgan fingerprint density at radius 2 is 2.42 bits per heavy atom. The van der Waals surface area contributed by atoms with E-state index in [1.54, 1.807) is 0 Å². The van der Waals surface area contributed by atoms with Gasteiger partial charge >= 0.3 is 0 Å². The molecule has 2 rings (SSSR count). The number of ether oxygens (including phenoxy) is 1. The van der Waals surface area contributed by atoms with Crippen LogP contribution in [0.4, 0.5) is 0 Å². The molecule has 0 aromatic carbocycles. The Labute approximate surface area is 74.7 Å². The molecule has 0 amide bonds. The van der Waals surface area contributed by atoms with Crippen LogP contribution in [0, 0.1) is 5.41 Å². The van der Waals surface area contributed by atoms with Gasteiger partial charge in [0.2, 0.25) is 0 Å². The van der Waals surface area contributed by atoms with Crippen LogP contribution in [0.3, 0.4) is 0 Å². The molecule has 1 saturated carbocycles. The number of nitrogens with one attached hydrogen (secondary N) is 1. The van der Waals surface area contributed by atoms with Gasteiger partial charge in [-0.3, -0.25) is 0 Å². The molecule has 1 N–H and O–H groups in total. The highest BCUT2D eigenvalue weighted by Crippen LogP contribution is 2.48. The van der Waals surface area contributed by atoms with E-state index in [2.05, 4.69) is 19.2 Å². The Morgan fingerprint density at radius 3 is 2.92 bits per heavy atom. The fourth-order valence-corrected chi connectivity index (χ4v) is 2.01. The molecule has 2 heteroatoms. The molecule has 1 aliphatic heterocycles. The van der Waals surface area contributed by atoms with Crippen molar-refractivity contribution < 1.29 is 4.74 Å². The Hall–Kier alpha value is -0.0800. The zero-order chi connectivity index (χ0) is 8.60. The van der Waals surface area contributed by atoms with Crippen LogP contribution in [0.2, 0.25) is 0 Å². The first-order valence-corrected chi connectivity index (χ1v) is 5.08. The lowest BCUT2D eigenvalue weighted by Gasteiger charge is -2.13. The van der Waals surface area contributed by atoms with Gasteiger partial charge in [0.05, 0.1) is 6.61 Å². The maximum absolute atomic E-state index is 5.33. The molecule has 2 nitrogen and oxygen atoms in total. The van der Waals surface area contributed by atoms with E-state index in [0.29, 0.717) is 11.5 Å². The van der Waals surface area contributed by atoms with Crippen LogP contribution < -0.4 is 5.32 Å². The number of hydrogen-bond donors (Lipinski definition) is 1. The van der Waals surface area contributed by atoms with Gasteiger partial charge in [0.1, 0.15) is 0 Å². The largest absolute Gasteiger partial charge is 0.380 e. The van der Waals surface area contributed by atoms with Crippen molar-refractivity contribution in [1.82, 2.24) is 5.32 Å². The highest BCUT2D eigenvalue weighted by molar-refractivity contribution is 5.05. The van der Waals surface area contributed by atoms with Gasteiger partial charge in [-0.2, -0.15) is 0 Å². The standard InChI is InChI=1S/C10H19NO/c1-3-10(2)6-9(10)11-8-4-5-12-7-8/h8-9,11H,3-7H2,1-2H3. The molecule has 2 aliphatic rings. The van der Waals surface area contributed by atoms with Gasteiger partial charge in [-0.1, -0.05) is 13.8 Å². The Kier molecular flexibility index (Phi) is 2.13. The predicted molar refractivity (Wildman–Crippen MR) is 49.2 cm³/mol. The van der Waals surface area contributed by atoms with Crippen molar-refractivity contribution in [2.24, 2.45) is 5.41 Å². The zero-order valence-electron chi connectivity index (χ0n) is 8.10. The zero-order valence-corrected chi connectivity index (χ0v) is 8.10. The van der Waals surface area contributed by atoms with Gasteiger partial charge in [0.25, 0.3) is 0 Å². The number of hydrogen-bond acceptors (Lipinski definition) is 2. The number of rotatable bonds is 3. The van der Waals surface area contributed by atoms with Crippen LogP contribution >= 0.6 is 0 Å². The van der Waals surface area contributed by atoms with E-state index in [0.717, 1.165) is 19.3 Å². The minimum absolute atomic E-state index is 0.600. The Morgan fingerprint density at radius 1 is 1.58 bits per heavy atom. The second-order valence-electron chi connectivity index (χ2n) is 4.49. The summed E-state index contributed by atoms with van der Waals surface area (Å²) in [6, 6.07) is 1.41. The minimum Gasteiger partial charge on any atom is -0.380 e. The van der Waals surface area contributed by atoms with Crippen LogP contribution in [-0.4, -0.2) is 25.3 Å². The average molecular weight is 169 g/mol. The molecule has 1 saturated heterocycles. The molecule has 0 spiro atoms. The molecule has 0 aromatic rings. The van der Waals surface area contributed by atoms with Gasteiger partial charge in [-0.05, 0) is 24.7 Å². The molecule has 0 aromatic heterocycles. The third-order valence-corrected chi connectivity index (χ3v) is 3.53. The van der Waals surface area contributed by atoms with Gasteiger partial charge in [-0.15, -0.1) is 0 Å². The molecule has 1 aliphatic carbocycles. The monoisotopic (exact) mass is 169 g/mol. The molecule has 2 fully saturated rings. The molecule has 12 heavy (non-hydrogen) atoms. The topological polar surface area (TPSA) is 21.3 Å². The third-order valence-electron chi connectivity index (χ3n) is 3.53. The average Bonchev–Trinajstić information content (AvgIpc) is 2.52. The van der Waals surface area contributed by atoms with Gasteiger partial charge < -0.3 is 10.1 Å². The Bertz CT molecular complexity index is 165. The highest BCUT2D eigenvalue weighted by atomic mass is 16.5. The SMILES string of the molecule is CCC1(C)CC1NC1CCOC1. The van der Waals surface area contributed by atoms with Crippen molar-refractivity contribution in [3.05, 3.63) is 0 Å². The molecule has 0 bridgehead atoms. The molecular weight excluding hydrogens is 150 g/mol. The fraction of sp³-hybridized carbons (Fsp3) is 1.00. The van der Waals surface area contributed by atoms with Crippen LogP contribution in [0.5, 0.6) is 0 Å². The second kappa shape index (κ2) is 3.00. The summed E-state index contributed by atoms with van der Waals surface area (Å²) in [4.78, 5) is 0. The summed E-state index contributed by atoms with van der Waals surface area (Å²) >= 11 is 0. The molecular formula is C10H19NO. The van der Waals surface area contributed by atoms with E-state index in [1.165, 1.54) is 19.3 Å². The lowest BCUT2D eigenvalue weighted by molar-refractivity contribution is 0.189. The molecule has 0 radical (unpaired) electrons. The first kappa shape index (κ1) is 8.52. The van der Waals surface area contributed by atoms with E-state index < -0.39 is 0 Å². The first-order valence-electron chi connectivity index (χ1n) is 5.08. The van der Waals surface area contributed by atoms with E-state index in [4.69, 9.17) is 4.74 Å². The lowest BCUT2D eigenvalue weighted by Crippen LogP contribution is -2.33. The maximum Gasteiger partial charge on any atom is 0.0620 e. The highest BCUT2D eigenvalue weighted by Gasteiger charge is 2.48. The predicted octanol–water partition coefficient (Wildman–Crippen LogP) is 1.55. The van der Waals surface area contributed by atoms with E-state index in [1.807, 2.05) is 0 Å². The van der Waals surface area contributed by atoms with Crippen molar-refractivity contribution in [2.45, 2.75) is 45.2 Å². The van der Waals surface area contributed by atoms with Gasteiger partial charge in [-0.25, -0.2) is 0 Å². The summed E-state index contributed by atoms with van der Waals surface area (Å²) in [5, 5.41) is 3.67. The van der Waals surface area contributed by atoms with Crippen molar-refractivity contribution in [1.29, 1.82) is 0 Å². The van der Waals surface area contributed by atoms with Crippen molar-refractivity contribution in [2.75, 3.05) is 13.2 Å². The summed E-state index contributed by atoms with van der Waals surface area (Å²) in [6.45, 7) is 6.54. The molecule has 3 atom stereocenters. The minimum atomic E-state index is 0.600. The normalized spacial score (nSPS) is 46.5. The van der Waals surface area contributed by atoms with E-state index in [-0.39, 0.29) is 0 Å². The summed E-state index contributed by atoms with van der Waals surface area (Å²) in [6.07, 6.45) is 3.87. The van der Waals surface area contributed by atoms with Crippen LogP contribution in [0.25, 0.3) is 0 Å². The third kappa shape index (κ3) is 1.50. The van der Waals surface area contributed by atoms with E-state index in [9.17, 15) is 0 Å². The molecule has 3 unspecified atom stereocenters. The Balaban J connectivity index is 1.75. The smallest absolute Gasteiger partial charge is 0.0620 e. The summed E-state index contributed by atoms with van der Waals surface area (Å²) in [5.74, 6) is 0. The van der Waals surface area contributed by atoms with E-state index >= 15 is 0 Å². The molecule has 70 valence electrons. The molecule has 1 heterocycles. The fourth-order valence-electron chi connectivity index (χ4n) is 2.01. The van der Waals surface area contributed by atoms with Crippen LogP contribution in [0.1, 0.15) is 33.1 Å². The van der Waals surface area contributed by atoms with Crippen LogP contribution in [0.15, 0.2) is 0 Å². The van der Waals surface area contributed by atoms with Crippen molar-refractivity contribution in [3.8, 4) is 0 Å².